The van der Waals surface area contributed by atoms with E-state index in [9.17, 15) is 0 Å². The van der Waals surface area contributed by atoms with Gasteiger partial charge in [-0.1, -0.05) is 6.07 Å². The standard InChI is InChI=1S/C10H8N4/c11-7-4-6-2-1-3-12-8(6)10-9(7)13-5-14-10/h1-3,5,11H,4H2,(H,13,14). The maximum atomic E-state index is 7.81. The summed E-state index contributed by atoms with van der Waals surface area (Å²) in [7, 11) is 0. The minimum absolute atomic E-state index is 0.557. The fourth-order valence-corrected chi connectivity index (χ4v) is 1.78. The van der Waals surface area contributed by atoms with Crippen LogP contribution in [-0.4, -0.2) is 20.7 Å². The van der Waals surface area contributed by atoms with Crippen LogP contribution in [0.1, 0.15) is 11.3 Å². The Morgan fingerprint density at radius 2 is 2.21 bits per heavy atom. The number of rotatable bonds is 0. The molecule has 0 radical (unpaired) electrons. The summed E-state index contributed by atoms with van der Waals surface area (Å²) >= 11 is 0. The first kappa shape index (κ1) is 7.44. The van der Waals surface area contributed by atoms with Gasteiger partial charge in [0.05, 0.1) is 23.4 Å². The minimum Gasteiger partial charge on any atom is -0.343 e. The van der Waals surface area contributed by atoms with Crippen LogP contribution in [0, 0.1) is 5.41 Å². The number of imidazole rings is 1. The van der Waals surface area contributed by atoms with Gasteiger partial charge < -0.3 is 10.4 Å². The predicted octanol–water partition coefficient (Wildman–Crippen LogP) is 1.40. The normalized spacial score (nSPS) is 13.6. The topological polar surface area (TPSA) is 65.4 Å². The highest BCUT2D eigenvalue weighted by Gasteiger charge is 2.22. The van der Waals surface area contributed by atoms with Crippen LogP contribution in [0.2, 0.25) is 0 Å². The van der Waals surface area contributed by atoms with E-state index in [1.54, 1.807) is 12.5 Å². The lowest BCUT2D eigenvalue weighted by Crippen LogP contribution is -2.13. The lowest BCUT2D eigenvalue weighted by molar-refractivity contribution is 1.15. The van der Waals surface area contributed by atoms with Crippen molar-refractivity contribution in [3.8, 4) is 11.4 Å². The van der Waals surface area contributed by atoms with E-state index >= 15 is 0 Å². The van der Waals surface area contributed by atoms with E-state index < -0.39 is 0 Å². The number of fused-ring (bicyclic) bond motifs is 3. The molecule has 0 spiro atoms. The summed E-state index contributed by atoms with van der Waals surface area (Å²) in [5, 5.41) is 7.81. The molecule has 0 bridgehead atoms. The largest absolute Gasteiger partial charge is 0.343 e. The molecule has 2 N–H and O–H groups in total. The number of hydrogen-bond donors (Lipinski definition) is 2. The minimum atomic E-state index is 0.557. The molecular weight excluding hydrogens is 176 g/mol. The Morgan fingerprint density at radius 1 is 1.29 bits per heavy atom. The Kier molecular flexibility index (Phi) is 1.33. The van der Waals surface area contributed by atoms with Crippen LogP contribution in [0.4, 0.5) is 0 Å². The number of aromatic amines is 1. The second kappa shape index (κ2) is 2.51. The number of nitrogens with zero attached hydrogens (tertiary/aromatic N) is 2. The molecule has 1 aliphatic carbocycles. The summed E-state index contributed by atoms with van der Waals surface area (Å²) in [6.07, 6.45) is 4.00. The first-order chi connectivity index (χ1) is 6.86. The first-order valence-corrected chi connectivity index (χ1v) is 4.41. The van der Waals surface area contributed by atoms with E-state index in [2.05, 4.69) is 15.0 Å². The van der Waals surface area contributed by atoms with E-state index in [4.69, 9.17) is 5.41 Å². The Hall–Kier alpha value is -1.97. The molecule has 0 saturated carbocycles. The monoisotopic (exact) mass is 184 g/mol. The van der Waals surface area contributed by atoms with Crippen LogP contribution >= 0.6 is 0 Å². The summed E-state index contributed by atoms with van der Waals surface area (Å²) in [6.45, 7) is 0. The number of H-pyrrole nitrogens is 1. The van der Waals surface area contributed by atoms with Gasteiger partial charge in [0.2, 0.25) is 0 Å². The second-order valence-corrected chi connectivity index (χ2v) is 3.29. The molecule has 0 aromatic carbocycles. The summed E-state index contributed by atoms with van der Waals surface area (Å²) in [5.74, 6) is 0. The third-order valence-electron chi connectivity index (χ3n) is 2.42. The number of hydrogen-bond acceptors (Lipinski definition) is 3. The van der Waals surface area contributed by atoms with Crippen LogP contribution in [0.5, 0.6) is 0 Å². The van der Waals surface area contributed by atoms with Gasteiger partial charge >= 0.3 is 0 Å². The van der Waals surface area contributed by atoms with Crippen molar-refractivity contribution in [3.63, 3.8) is 0 Å². The molecule has 0 unspecified atom stereocenters. The summed E-state index contributed by atoms with van der Waals surface area (Å²) < 4.78 is 0. The van der Waals surface area contributed by atoms with Gasteiger partial charge in [0.1, 0.15) is 5.69 Å². The maximum Gasteiger partial charge on any atom is 0.112 e. The highest BCUT2D eigenvalue weighted by atomic mass is 14.9. The number of nitrogens with one attached hydrogen (secondary N) is 2. The first-order valence-electron chi connectivity index (χ1n) is 4.41. The SMILES string of the molecule is N=C1Cc2cccnc2-c2[nH]cnc21. The zero-order chi connectivity index (χ0) is 9.54. The molecule has 2 aromatic heterocycles. The third kappa shape index (κ3) is 0.849. The van der Waals surface area contributed by atoms with Crippen molar-refractivity contribution < 1.29 is 0 Å². The summed E-state index contributed by atoms with van der Waals surface area (Å²) in [5.41, 5.74) is 4.18. The van der Waals surface area contributed by atoms with E-state index in [0.717, 1.165) is 22.6 Å². The van der Waals surface area contributed by atoms with Gasteiger partial charge in [-0.3, -0.25) is 4.98 Å². The van der Waals surface area contributed by atoms with E-state index in [-0.39, 0.29) is 0 Å². The maximum absolute atomic E-state index is 7.81. The van der Waals surface area contributed by atoms with Crippen LogP contribution < -0.4 is 0 Å². The fraction of sp³-hybridized carbons (Fsp3) is 0.100. The van der Waals surface area contributed by atoms with Gasteiger partial charge in [-0.05, 0) is 11.6 Å². The van der Waals surface area contributed by atoms with Crippen molar-refractivity contribution in [2.24, 2.45) is 0 Å². The lowest BCUT2D eigenvalue weighted by Gasteiger charge is -2.14. The molecule has 4 nitrogen and oxygen atoms in total. The molecule has 1 aliphatic rings. The highest BCUT2D eigenvalue weighted by molar-refractivity contribution is 6.05. The lowest BCUT2D eigenvalue weighted by atomic mass is 9.95. The molecule has 14 heavy (non-hydrogen) atoms. The van der Waals surface area contributed by atoms with Crippen LogP contribution in [0.15, 0.2) is 24.7 Å². The van der Waals surface area contributed by atoms with Crippen LogP contribution in [0.3, 0.4) is 0 Å². The van der Waals surface area contributed by atoms with Gasteiger partial charge in [-0.25, -0.2) is 4.98 Å². The van der Waals surface area contributed by atoms with Crippen LogP contribution in [0.25, 0.3) is 11.4 Å². The van der Waals surface area contributed by atoms with Crippen molar-refractivity contribution in [1.82, 2.24) is 15.0 Å². The van der Waals surface area contributed by atoms with Crippen molar-refractivity contribution in [3.05, 3.63) is 35.9 Å². The average Bonchev–Trinajstić information content (AvgIpc) is 2.67. The van der Waals surface area contributed by atoms with Crippen LogP contribution in [-0.2, 0) is 6.42 Å². The Morgan fingerprint density at radius 3 is 3.14 bits per heavy atom. The molecule has 0 saturated heterocycles. The second-order valence-electron chi connectivity index (χ2n) is 3.29. The molecule has 0 fully saturated rings. The highest BCUT2D eigenvalue weighted by Crippen LogP contribution is 2.28. The van der Waals surface area contributed by atoms with E-state index in [0.29, 0.717) is 12.1 Å². The van der Waals surface area contributed by atoms with E-state index in [1.165, 1.54) is 0 Å². The molecule has 2 heterocycles. The zero-order valence-corrected chi connectivity index (χ0v) is 7.41. The van der Waals surface area contributed by atoms with Gasteiger partial charge in [-0.2, -0.15) is 0 Å². The molecule has 0 aliphatic heterocycles. The molecule has 2 aromatic rings. The molecular formula is C10H8N4. The average molecular weight is 184 g/mol. The summed E-state index contributed by atoms with van der Waals surface area (Å²) in [6, 6.07) is 3.90. The van der Waals surface area contributed by atoms with Gasteiger partial charge in [0.15, 0.2) is 0 Å². The Labute approximate surface area is 80.5 Å². The predicted molar refractivity (Wildman–Crippen MR) is 52.4 cm³/mol. The van der Waals surface area contributed by atoms with Crippen molar-refractivity contribution in [2.45, 2.75) is 6.42 Å². The Balaban J connectivity index is 2.34. The number of pyridine rings is 1. The van der Waals surface area contributed by atoms with Gasteiger partial charge in [-0.15, -0.1) is 0 Å². The van der Waals surface area contributed by atoms with Gasteiger partial charge in [0.25, 0.3) is 0 Å². The smallest absolute Gasteiger partial charge is 0.112 e. The Bertz CT molecular complexity index is 512. The zero-order valence-electron chi connectivity index (χ0n) is 7.41. The van der Waals surface area contributed by atoms with Crippen molar-refractivity contribution in [1.29, 1.82) is 5.41 Å². The van der Waals surface area contributed by atoms with Crippen molar-refractivity contribution >= 4 is 5.71 Å². The molecule has 68 valence electrons. The quantitative estimate of drug-likeness (QED) is 0.649. The molecule has 3 rings (SSSR count). The summed E-state index contributed by atoms with van der Waals surface area (Å²) in [4.78, 5) is 11.4. The number of aromatic nitrogens is 3. The van der Waals surface area contributed by atoms with E-state index in [1.807, 2.05) is 12.1 Å². The fourth-order valence-electron chi connectivity index (χ4n) is 1.78. The molecule has 0 atom stereocenters. The molecule has 0 amide bonds. The van der Waals surface area contributed by atoms with Crippen molar-refractivity contribution in [2.75, 3.05) is 0 Å². The molecule has 4 heteroatoms. The van der Waals surface area contributed by atoms with Gasteiger partial charge in [0, 0.05) is 12.6 Å². The third-order valence-corrected chi connectivity index (χ3v) is 2.42.